The van der Waals surface area contributed by atoms with E-state index in [9.17, 15) is 4.79 Å². The molecule has 3 rings (SSSR count). The van der Waals surface area contributed by atoms with Gasteiger partial charge in [-0.05, 0) is 43.7 Å². The molecule has 24 heavy (non-hydrogen) atoms. The van der Waals surface area contributed by atoms with E-state index < -0.39 is 0 Å². The van der Waals surface area contributed by atoms with Gasteiger partial charge in [-0.2, -0.15) is 4.99 Å². The SMILES string of the molecule is Cc1cc(C)cc(C(=O)N=c2ccccn2Cc2ccccc2)c1. The van der Waals surface area contributed by atoms with Gasteiger partial charge in [0.25, 0.3) is 5.91 Å². The first-order chi connectivity index (χ1) is 11.6. The average Bonchev–Trinajstić information content (AvgIpc) is 2.56. The lowest BCUT2D eigenvalue weighted by molar-refractivity contribution is 0.0997. The maximum Gasteiger partial charge on any atom is 0.278 e. The molecule has 3 nitrogen and oxygen atoms in total. The van der Waals surface area contributed by atoms with Crippen LogP contribution in [-0.2, 0) is 6.54 Å². The van der Waals surface area contributed by atoms with E-state index in [2.05, 4.69) is 23.2 Å². The van der Waals surface area contributed by atoms with Gasteiger partial charge < -0.3 is 4.57 Å². The van der Waals surface area contributed by atoms with E-state index in [1.54, 1.807) is 0 Å². The van der Waals surface area contributed by atoms with E-state index in [1.165, 1.54) is 5.56 Å². The second-order valence-electron chi connectivity index (χ2n) is 5.97. The van der Waals surface area contributed by atoms with Crippen LogP contribution in [0, 0.1) is 13.8 Å². The van der Waals surface area contributed by atoms with Crippen molar-refractivity contribution in [3.05, 3.63) is 101 Å². The molecule has 3 heteroatoms. The molecule has 0 fully saturated rings. The Morgan fingerprint density at radius 1 is 0.917 bits per heavy atom. The Morgan fingerprint density at radius 2 is 1.58 bits per heavy atom. The number of rotatable bonds is 3. The van der Waals surface area contributed by atoms with E-state index in [0.717, 1.165) is 11.1 Å². The van der Waals surface area contributed by atoms with Gasteiger partial charge in [0.05, 0.1) is 0 Å². The van der Waals surface area contributed by atoms with Crippen molar-refractivity contribution in [2.45, 2.75) is 20.4 Å². The lowest BCUT2D eigenvalue weighted by atomic mass is 10.1. The predicted octanol–water partition coefficient (Wildman–Crippen LogP) is 3.89. The monoisotopic (exact) mass is 316 g/mol. The third kappa shape index (κ3) is 3.87. The van der Waals surface area contributed by atoms with Crippen molar-refractivity contribution in [1.82, 2.24) is 4.57 Å². The first-order valence-electron chi connectivity index (χ1n) is 7.98. The van der Waals surface area contributed by atoms with Crippen molar-refractivity contribution in [1.29, 1.82) is 0 Å². The fourth-order valence-corrected chi connectivity index (χ4v) is 2.75. The number of aryl methyl sites for hydroxylation is 2. The van der Waals surface area contributed by atoms with Crippen molar-refractivity contribution < 1.29 is 4.79 Å². The second kappa shape index (κ2) is 7.09. The smallest absolute Gasteiger partial charge is 0.278 e. The molecule has 1 amide bonds. The van der Waals surface area contributed by atoms with Crippen LogP contribution in [0.3, 0.4) is 0 Å². The number of hydrogen-bond acceptors (Lipinski definition) is 1. The minimum absolute atomic E-state index is 0.213. The van der Waals surface area contributed by atoms with Crippen LogP contribution in [0.2, 0.25) is 0 Å². The van der Waals surface area contributed by atoms with Crippen LogP contribution in [0.1, 0.15) is 27.0 Å². The van der Waals surface area contributed by atoms with E-state index in [4.69, 9.17) is 0 Å². The molecular weight excluding hydrogens is 296 g/mol. The molecule has 0 saturated carbocycles. The van der Waals surface area contributed by atoms with Gasteiger partial charge in [0.15, 0.2) is 0 Å². The summed E-state index contributed by atoms with van der Waals surface area (Å²) in [5.41, 5.74) is 4.59. The molecule has 3 aromatic rings. The maximum atomic E-state index is 12.5. The Kier molecular flexibility index (Phi) is 4.71. The molecule has 0 unspecified atom stereocenters. The highest BCUT2D eigenvalue weighted by Crippen LogP contribution is 2.09. The molecule has 0 spiro atoms. The average molecular weight is 316 g/mol. The predicted molar refractivity (Wildman–Crippen MR) is 95.8 cm³/mol. The normalized spacial score (nSPS) is 11.5. The number of amides is 1. The number of pyridine rings is 1. The quantitative estimate of drug-likeness (QED) is 0.722. The van der Waals surface area contributed by atoms with Crippen LogP contribution in [0.4, 0.5) is 0 Å². The van der Waals surface area contributed by atoms with E-state index in [-0.39, 0.29) is 5.91 Å². The lowest BCUT2D eigenvalue weighted by Crippen LogP contribution is -2.22. The zero-order chi connectivity index (χ0) is 16.9. The maximum absolute atomic E-state index is 12.5. The van der Waals surface area contributed by atoms with Gasteiger partial charge in [0.2, 0.25) is 0 Å². The number of benzene rings is 2. The summed E-state index contributed by atoms with van der Waals surface area (Å²) >= 11 is 0. The zero-order valence-corrected chi connectivity index (χ0v) is 13.9. The molecule has 0 aliphatic rings. The van der Waals surface area contributed by atoms with Crippen molar-refractivity contribution >= 4 is 5.91 Å². The largest absolute Gasteiger partial charge is 0.328 e. The minimum Gasteiger partial charge on any atom is -0.328 e. The van der Waals surface area contributed by atoms with Crippen LogP contribution in [0.25, 0.3) is 0 Å². The number of nitrogens with zero attached hydrogens (tertiary/aromatic N) is 2. The van der Waals surface area contributed by atoms with E-state index in [1.807, 2.05) is 73.1 Å². The molecule has 0 atom stereocenters. The van der Waals surface area contributed by atoms with Crippen LogP contribution in [0.5, 0.6) is 0 Å². The van der Waals surface area contributed by atoms with Crippen molar-refractivity contribution in [3.63, 3.8) is 0 Å². The van der Waals surface area contributed by atoms with Crippen molar-refractivity contribution in [2.75, 3.05) is 0 Å². The summed E-state index contributed by atoms with van der Waals surface area (Å²) in [6, 6.07) is 21.7. The molecule has 0 aliphatic heterocycles. The Bertz CT molecular complexity index is 904. The van der Waals surface area contributed by atoms with Crippen LogP contribution < -0.4 is 5.49 Å². The van der Waals surface area contributed by atoms with Crippen molar-refractivity contribution in [3.8, 4) is 0 Å². The molecule has 0 aliphatic carbocycles. The standard InChI is InChI=1S/C21H20N2O/c1-16-12-17(2)14-19(13-16)21(24)22-20-10-6-7-11-23(20)15-18-8-4-3-5-9-18/h3-14H,15H2,1-2H3. The number of carbonyl (C=O) groups excluding carboxylic acids is 1. The highest BCUT2D eigenvalue weighted by atomic mass is 16.1. The summed E-state index contributed by atoms with van der Waals surface area (Å²) in [7, 11) is 0. The number of hydrogen-bond donors (Lipinski definition) is 0. The molecule has 2 aromatic carbocycles. The van der Waals surface area contributed by atoms with Crippen LogP contribution in [-0.4, -0.2) is 10.5 Å². The number of aromatic nitrogens is 1. The molecule has 0 saturated heterocycles. The summed E-state index contributed by atoms with van der Waals surface area (Å²) in [5, 5.41) is 0. The Hall–Kier alpha value is -2.94. The second-order valence-corrected chi connectivity index (χ2v) is 5.97. The fourth-order valence-electron chi connectivity index (χ4n) is 2.75. The van der Waals surface area contributed by atoms with Crippen molar-refractivity contribution in [2.24, 2.45) is 4.99 Å². The highest BCUT2D eigenvalue weighted by Gasteiger charge is 2.06. The molecule has 0 N–H and O–H groups in total. The third-order valence-corrected chi connectivity index (χ3v) is 3.80. The summed E-state index contributed by atoms with van der Waals surface area (Å²) in [4.78, 5) is 16.9. The molecule has 0 bridgehead atoms. The first kappa shape index (κ1) is 15.9. The molecule has 1 aromatic heterocycles. The Morgan fingerprint density at radius 3 is 2.29 bits per heavy atom. The summed E-state index contributed by atoms with van der Waals surface area (Å²) in [5.74, 6) is -0.213. The van der Waals surface area contributed by atoms with Gasteiger partial charge in [0, 0.05) is 18.3 Å². The summed E-state index contributed by atoms with van der Waals surface area (Å²) in [6.45, 7) is 4.66. The van der Waals surface area contributed by atoms with Crippen LogP contribution >= 0.6 is 0 Å². The molecule has 120 valence electrons. The number of carbonyl (C=O) groups is 1. The molecule has 0 radical (unpaired) electrons. The van der Waals surface area contributed by atoms with Gasteiger partial charge in [-0.1, -0.05) is 53.6 Å². The van der Waals surface area contributed by atoms with E-state index in [0.29, 0.717) is 17.6 Å². The fraction of sp³-hybridized carbons (Fsp3) is 0.143. The zero-order valence-electron chi connectivity index (χ0n) is 13.9. The van der Waals surface area contributed by atoms with E-state index >= 15 is 0 Å². The molecular formula is C21H20N2O. The topological polar surface area (TPSA) is 34.4 Å². The Labute approximate surface area is 141 Å². The van der Waals surface area contributed by atoms with Gasteiger partial charge in [-0.3, -0.25) is 4.79 Å². The van der Waals surface area contributed by atoms with Gasteiger partial charge in [-0.15, -0.1) is 0 Å². The summed E-state index contributed by atoms with van der Waals surface area (Å²) in [6.07, 6.45) is 1.95. The highest BCUT2D eigenvalue weighted by molar-refractivity contribution is 5.95. The van der Waals surface area contributed by atoms with Gasteiger partial charge in [0.1, 0.15) is 5.49 Å². The van der Waals surface area contributed by atoms with Gasteiger partial charge in [-0.25, -0.2) is 0 Å². The minimum atomic E-state index is -0.213. The Balaban J connectivity index is 1.96. The first-order valence-corrected chi connectivity index (χ1v) is 7.98. The third-order valence-electron chi connectivity index (χ3n) is 3.80. The lowest BCUT2D eigenvalue weighted by Gasteiger charge is -2.07. The molecule has 1 heterocycles. The summed E-state index contributed by atoms with van der Waals surface area (Å²) < 4.78 is 1.98. The van der Waals surface area contributed by atoms with Crippen LogP contribution in [0.15, 0.2) is 77.9 Å². The van der Waals surface area contributed by atoms with Gasteiger partial charge >= 0.3 is 0 Å².